The Balaban J connectivity index is 2.05. The van der Waals surface area contributed by atoms with Crippen LogP contribution >= 0.6 is 11.6 Å². The van der Waals surface area contributed by atoms with Gasteiger partial charge in [0.2, 0.25) is 5.28 Å². The lowest BCUT2D eigenvalue weighted by Gasteiger charge is -2.04. The lowest BCUT2D eigenvalue weighted by molar-refractivity contribution is -0.141. The Kier molecular flexibility index (Phi) is 3.09. The summed E-state index contributed by atoms with van der Waals surface area (Å²) in [5.74, 6) is -0.0740. The quantitative estimate of drug-likeness (QED) is 0.722. The molecule has 0 unspecified atom stereocenters. The fourth-order valence-corrected chi connectivity index (χ4v) is 1.66. The maximum absolute atomic E-state index is 12.5. The number of aromatic nitrogens is 7. The zero-order valence-electron chi connectivity index (χ0n) is 10.0. The molecule has 108 valence electrons. The van der Waals surface area contributed by atoms with Crippen LogP contribution in [0.25, 0.3) is 11.9 Å². The van der Waals surface area contributed by atoms with Crippen LogP contribution in [0.1, 0.15) is 5.69 Å². The smallest absolute Gasteiger partial charge is 0.206 e. The Morgan fingerprint density at radius 3 is 2.29 bits per heavy atom. The molecule has 0 aliphatic heterocycles. The molecule has 0 saturated heterocycles. The van der Waals surface area contributed by atoms with E-state index in [2.05, 4.69) is 25.1 Å². The fourth-order valence-electron chi connectivity index (χ4n) is 1.51. The molecule has 0 saturated carbocycles. The third kappa shape index (κ3) is 2.70. The van der Waals surface area contributed by atoms with Crippen molar-refractivity contribution in [3.63, 3.8) is 0 Å². The molecule has 3 aromatic rings. The lowest BCUT2D eigenvalue weighted by atomic mass is 10.4. The van der Waals surface area contributed by atoms with Crippen LogP contribution in [0.3, 0.4) is 0 Å². The van der Waals surface area contributed by atoms with Crippen molar-refractivity contribution in [1.29, 1.82) is 0 Å². The molecule has 0 fully saturated rings. The van der Waals surface area contributed by atoms with Crippen molar-refractivity contribution in [3.8, 4) is 11.9 Å². The van der Waals surface area contributed by atoms with Gasteiger partial charge in [-0.05, 0) is 23.7 Å². The Morgan fingerprint density at radius 1 is 1.00 bits per heavy atom. The van der Waals surface area contributed by atoms with Gasteiger partial charge in [-0.1, -0.05) is 0 Å². The van der Waals surface area contributed by atoms with Crippen molar-refractivity contribution in [3.05, 3.63) is 41.7 Å². The van der Waals surface area contributed by atoms with Gasteiger partial charge in [0.15, 0.2) is 5.69 Å². The number of hydrogen-bond donors (Lipinski definition) is 0. The van der Waals surface area contributed by atoms with E-state index in [-0.39, 0.29) is 17.2 Å². The minimum absolute atomic E-state index is 0.0686. The number of rotatable bonds is 2. The van der Waals surface area contributed by atoms with Crippen LogP contribution in [-0.4, -0.2) is 34.5 Å². The molecule has 3 aromatic heterocycles. The van der Waals surface area contributed by atoms with Gasteiger partial charge in [-0.25, -0.2) is 9.36 Å². The average Bonchev–Trinajstić information content (AvgIpc) is 3.09. The summed E-state index contributed by atoms with van der Waals surface area (Å²) in [7, 11) is 0. The van der Waals surface area contributed by atoms with Gasteiger partial charge >= 0.3 is 6.18 Å². The highest BCUT2D eigenvalue weighted by Gasteiger charge is 2.33. The highest BCUT2D eigenvalue weighted by Crippen LogP contribution is 2.27. The van der Waals surface area contributed by atoms with Crippen molar-refractivity contribution in [2.45, 2.75) is 6.18 Å². The summed E-state index contributed by atoms with van der Waals surface area (Å²) >= 11 is 5.75. The molecule has 0 N–H and O–H groups in total. The predicted octanol–water partition coefficient (Wildman–Crippen LogP) is 1.92. The van der Waals surface area contributed by atoms with Crippen molar-refractivity contribution in [2.24, 2.45) is 0 Å². The van der Waals surface area contributed by atoms with E-state index in [1.807, 2.05) is 0 Å². The summed E-state index contributed by atoms with van der Waals surface area (Å²) in [6, 6.07) is 2.44. The zero-order chi connectivity index (χ0) is 15.0. The SMILES string of the molecule is FC(F)(F)c1ccn(-c2nc(Cl)nc(-n3cccn3)n2)n1. The number of nitrogens with zero attached hydrogens (tertiary/aromatic N) is 7. The van der Waals surface area contributed by atoms with Crippen molar-refractivity contribution >= 4 is 11.6 Å². The van der Waals surface area contributed by atoms with Crippen LogP contribution < -0.4 is 0 Å². The summed E-state index contributed by atoms with van der Waals surface area (Å²) in [5.41, 5.74) is -1.06. The Bertz CT molecular complexity index is 765. The van der Waals surface area contributed by atoms with Gasteiger partial charge in [0, 0.05) is 18.6 Å². The molecule has 0 spiro atoms. The molecule has 11 heteroatoms. The number of halogens is 4. The first kappa shape index (κ1) is 13.5. The predicted molar refractivity (Wildman–Crippen MR) is 64.1 cm³/mol. The zero-order valence-corrected chi connectivity index (χ0v) is 10.8. The van der Waals surface area contributed by atoms with Crippen molar-refractivity contribution < 1.29 is 13.2 Å². The molecule has 3 rings (SSSR count). The average molecular weight is 316 g/mol. The third-order valence-electron chi connectivity index (χ3n) is 2.38. The van der Waals surface area contributed by atoms with Crippen LogP contribution in [0.15, 0.2) is 30.7 Å². The second kappa shape index (κ2) is 4.81. The summed E-state index contributed by atoms with van der Waals surface area (Å²) in [4.78, 5) is 11.6. The fraction of sp³-hybridized carbons (Fsp3) is 0.100. The first-order valence-corrected chi connectivity index (χ1v) is 5.86. The summed E-state index contributed by atoms with van der Waals surface area (Å²) in [6.07, 6.45) is -0.416. The van der Waals surface area contributed by atoms with Crippen LogP contribution in [0.5, 0.6) is 0 Å². The first-order valence-electron chi connectivity index (χ1n) is 5.48. The minimum atomic E-state index is -4.55. The monoisotopic (exact) mass is 315 g/mol. The molecule has 0 amide bonds. The molecular formula is C10H5ClF3N7. The van der Waals surface area contributed by atoms with Crippen molar-refractivity contribution in [1.82, 2.24) is 34.5 Å². The molecule has 0 bridgehead atoms. The van der Waals surface area contributed by atoms with Crippen LogP contribution in [0, 0.1) is 0 Å². The Labute approximate surface area is 120 Å². The van der Waals surface area contributed by atoms with E-state index in [1.54, 1.807) is 12.3 Å². The van der Waals surface area contributed by atoms with E-state index in [9.17, 15) is 13.2 Å². The van der Waals surface area contributed by atoms with Crippen LogP contribution in [0.2, 0.25) is 5.28 Å². The van der Waals surface area contributed by atoms with Gasteiger partial charge < -0.3 is 0 Å². The Morgan fingerprint density at radius 2 is 1.71 bits per heavy atom. The van der Waals surface area contributed by atoms with Crippen LogP contribution in [0.4, 0.5) is 13.2 Å². The van der Waals surface area contributed by atoms with Crippen molar-refractivity contribution in [2.75, 3.05) is 0 Å². The Hall–Kier alpha value is -2.49. The standard InChI is InChI=1S/C10H5ClF3N7/c11-7-16-8(20-4-1-3-15-20)18-9(17-7)21-5-2-6(19-21)10(12,13)14/h1-5H. The number of hydrogen-bond acceptors (Lipinski definition) is 5. The summed E-state index contributed by atoms with van der Waals surface area (Å²) in [5, 5.41) is 7.08. The van der Waals surface area contributed by atoms with E-state index in [0.29, 0.717) is 0 Å². The lowest BCUT2D eigenvalue weighted by Crippen LogP contribution is -2.11. The second-order valence-corrected chi connectivity index (χ2v) is 4.14. The maximum Gasteiger partial charge on any atom is 0.435 e. The minimum Gasteiger partial charge on any atom is -0.206 e. The van der Waals surface area contributed by atoms with E-state index in [1.165, 1.54) is 10.9 Å². The summed E-state index contributed by atoms with van der Waals surface area (Å²) < 4.78 is 39.8. The van der Waals surface area contributed by atoms with Gasteiger partial charge in [0.25, 0.3) is 11.9 Å². The van der Waals surface area contributed by atoms with Gasteiger partial charge in [0.05, 0.1) is 0 Å². The van der Waals surface area contributed by atoms with E-state index in [4.69, 9.17) is 11.6 Å². The molecular weight excluding hydrogens is 311 g/mol. The highest BCUT2D eigenvalue weighted by molar-refractivity contribution is 6.28. The summed E-state index contributed by atoms with van der Waals surface area (Å²) in [6.45, 7) is 0. The van der Waals surface area contributed by atoms with Gasteiger partial charge in [-0.15, -0.1) is 0 Å². The molecule has 7 nitrogen and oxygen atoms in total. The molecule has 21 heavy (non-hydrogen) atoms. The number of alkyl halides is 3. The molecule has 3 heterocycles. The largest absolute Gasteiger partial charge is 0.435 e. The van der Waals surface area contributed by atoms with E-state index < -0.39 is 11.9 Å². The van der Waals surface area contributed by atoms with E-state index >= 15 is 0 Å². The molecule has 0 aromatic carbocycles. The third-order valence-corrected chi connectivity index (χ3v) is 2.55. The van der Waals surface area contributed by atoms with Gasteiger partial charge in [-0.2, -0.15) is 38.3 Å². The van der Waals surface area contributed by atoms with Gasteiger partial charge in [0.1, 0.15) is 0 Å². The first-order chi connectivity index (χ1) is 9.93. The van der Waals surface area contributed by atoms with E-state index in [0.717, 1.165) is 16.9 Å². The maximum atomic E-state index is 12.5. The molecule has 0 aliphatic carbocycles. The second-order valence-electron chi connectivity index (χ2n) is 3.80. The van der Waals surface area contributed by atoms with Gasteiger partial charge in [-0.3, -0.25) is 0 Å². The topological polar surface area (TPSA) is 74.3 Å². The molecule has 0 aliphatic rings. The normalized spacial score (nSPS) is 11.8. The molecule has 0 atom stereocenters. The molecule has 0 radical (unpaired) electrons. The highest BCUT2D eigenvalue weighted by atomic mass is 35.5. The van der Waals surface area contributed by atoms with Crippen LogP contribution in [-0.2, 0) is 6.18 Å².